The molecule has 1 saturated heterocycles. The van der Waals surface area contributed by atoms with Gasteiger partial charge in [0.1, 0.15) is 0 Å². The van der Waals surface area contributed by atoms with Crippen molar-refractivity contribution in [3.63, 3.8) is 0 Å². The molecule has 1 heterocycles. The van der Waals surface area contributed by atoms with Crippen molar-refractivity contribution >= 4 is 15.9 Å². The van der Waals surface area contributed by atoms with Crippen LogP contribution in [0.2, 0.25) is 0 Å². The highest BCUT2D eigenvalue weighted by Crippen LogP contribution is 2.16. The maximum Gasteiger partial charge on any atom is 0.0208 e. The summed E-state index contributed by atoms with van der Waals surface area (Å²) in [4.78, 5) is 0. The molecule has 2 rings (SSSR count). The Morgan fingerprint density at radius 1 is 1.47 bits per heavy atom. The zero-order valence-electron chi connectivity index (χ0n) is 10.4. The third-order valence-electron chi connectivity index (χ3n) is 3.52. The molecule has 1 aliphatic heterocycles. The van der Waals surface area contributed by atoms with Crippen LogP contribution in [0.5, 0.6) is 0 Å². The van der Waals surface area contributed by atoms with Crippen molar-refractivity contribution in [2.75, 3.05) is 19.6 Å². The van der Waals surface area contributed by atoms with Crippen molar-refractivity contribution in [2.45, 2.75) is 26.3 Å². The maximum atomic E-state index is 3.55. The molecule has 1 aromatic rings. The van der Waals surface area contributed by atoms with Gasteiger partial charge in [-0.15, -0.1) is 0 Å². The molecule has 3 heteroatoms. The molecular weight excluding hydrogens is 276 g/mol. The normalized spacial score (nSPS) is 19.8. The molecule has 0 saturated carbocycles. The summed E-state index contributed by atoms with van der Waals surface area (Å²) in [6.07, 6.45) is 2.64. The van der Waals surface area contributed by atoms with Crippen LogP contribution >= 0.6 is 15.9 Å². The van der Waals surface area contributed by atoms with Gasteiger partial charge in [-0.3, -0.25) is 0 Å². The second kappa shape index (κ2) is 6.53. The van der Waals surface area contributed by atoms with Crippen LogP contribution in [0.25, 0.3) is 0 Å². The Hall–Kier alpha value is -0.380. The van der Waals surface area contributed by atoms with Crippen molar-refractivity contribution in [3.8, 4) is 0 Å². The molecule has 1 unspecified atom stereocenters. The third kappa shape index (κ3) is 4.09. The summed E-state index contributed by atoms with van der Waals surface area (Å²) in [5, 5.41) is 6.96. The highest BCUT2D eigenvalue weighted by molar-refractivity contribution is 9.10. The molecule has 17 heavy (non-hydrogen) atoms. The standard InChI is InChI=1S/C14H21BrN2/c1-11-2-3-14(15)8-13(11)10-17-7-5-12-4-6-16-9-12/h2-3,8,12,16-17H,4-7,9-10H2,1H3. The summed E-state index contributed by atoms with van der Waals surface area (Å²) in [5.74, 6) is 0.881. The van der Waals surface area contributed by atoms with Gasteiger partial charge in [-0.25, -0.2) is 0 Å². The van der Waals surface area contributed by atoms with Crippen LogP contribution in [0.3, 0.4) is 0 Å². The summed E-state index contributed by atoms with van der Waals surface area (Å²) in [6, 6.07) is 6.48. The van der Waals surface area contributed by atoms with Gasteiger partial charge in [0.2, 0.25) is 0 Å². The summed E-state index contributed by atoms with van der Waals surface area (Å²) in [6.45, 7) is 6.68. The molecule has 1 fully saturated rings. The molecule has 0 radical (unpaired) electrons. The van der Waals surface area contributed by atoms with Crippen molar-refractivity contribution in [1.29, 1.82) is 0 Å². The average molecular weight is 297 g/mol. The second-order valence-electron chi connectivity index (χ2n) is 4.90. The van der Waals surface area contributed by atoms with Crippen LogP contribution in [-0.4, -0.2) is 19.6 Å². The summed E-state index contributed by atoms with van der Waals surface area (Å²) >= 11 is 3.52. The molecule has 1 atom stereocenters. The van der Waals surface area contributed by atoms with E-state index in [0.29, 0.717) is 0 Å². The van der Waals surface area contributed by atoms with Gasteiger partial charge in [0.15, 0.2) is 0 Å². The summed E-state index contributed by atoms with van der Waals surface area (Å²) in [5.41, 5.74) is 2.76. The molecular formula is C14H21BrN2. The van der Waals surface area contributed by atoms with E-state index in [1.807, 2.05) is 0 Å². The molecule has 1 aliphatic rings. The molecule has 94 valence electrons. The molecule has 1 aromatic carbocycles. The molecule has 0 amide bonds. The van der Waals surface area contributed by atoms with Gasteiger partial charge >= 0.3 is 0 Å². The van der Waals surface area contributed by atoms with Crippen molar-refractivity contribution in [2.24, 2.45) is 5.92 Å². The predicted molar refractivity (Wildman–Crippen MR) is 76.2 cm³/mol. The molecule has 0 bridgehead atoms. The lowest BCUT2D eigenvalue weighted by Gasteiger charge is -2.11. The van der Waals surface area contributed by atoms with Crippen LogP contribution < -0.4 is 10.6 Å². The first-order chi connectivity index (χ1) is 8.25. The van der Waals surface area contributed by atoms with Gasteiger partial charge in [-0.2, -0.15) is 0 Å². The first kappa shape index (κ1) is 13.1. The lowest BCUT2D eigenvalue weighted by molar-refractivity contribution is 0.500. The van der Waals surface area contributed by atoms with Gasteiger partial charge < -0.3 is 10.6 Å². The fourth-order valence-corrected chi connectivity index (χ4v) is 2.73. The fourth-order valence-electron chi connectivity index (χ4n) is 2.32. The van der Waals surface area contributed by atoms with E-state index in [0.717, 1.165) is 19.0 Å². The Kier molecular flexibility index (Phi) is 5.01. The van der Waals surface area contributed by atoms with E-state index in [4.69, 9.17) is 0 Å². The number of hydrogen-bond acceptors (Lipinski definition) is 2. The Balaban J connectivity index is 1.72. The van der Waals surface area contributed by atoms with E-state index in [1.54, 1.807) is 0 Å². The first-order valence-electron chi connectivity index (χ1n) is 6.42. The third-order valence-corrected chi connectivity index (χ3v) is 4.01. The van der Waals surface area contributed by atoms with Gasteiger partial charge in [-0.05, 0) is 68.6 Å². The molecule has 0 spiro atoms. The van der Waals surface area contributed by atoms with Crippen LogP contribution in [-0.2, 0) is 6.54 Å². The van der Waals surface area contributed by atoms with E-state index < -0.39 is 0 Å². The minimum Gasteiger partial charge on any atom is -0.316 e. The molecule has 2 nitrogen and oxygen atoms in total. The van der Waals surface area contributed by atoms with Gasteiger partial charge in [0, 0.05) is 11.0 Å². The van der Waals surface area contributed by atoms with Gasteiger partial charge in [-0.1, -0.05) is 22.0 Å². The minimum absolute atomic E-state index is 0.881. The van der Waals surface area contributed by atoms with Crippen LogP contribution in [0.15, 0.2) is 22.7 Å². The van der Waals surface area contributed by atoms with E-state index in [2.05, 4.69) is 51.7 Å². The average Bonchev–Trinajstić information content (AvgIpc) is 2.82. The topological polar surface area (TPSA) is 24.1 Å². The van der Waals surface area contributed by atoms with Crippen LogP contribution in [0, 0.1) is 12.8 Å². The van der Waals surface area contributed by atoms with Crippen molar-refractivity contribution in [3.05, 3.63) is 33.8 Å². The predicted octanol–water partition coefficient (Wildman–Crippen LogP) is 2.85. The molecule has 2 N–H and O–H groups in total. The zero-order valence-corrected chi connectivity index (χ0v) is 12.0. The van der Waals surface area contributed by atoms with Crippen molar-refractivity contribution < 1.29 is 0 Å². The number of nitrogens with one attached hydrogen (secondary N) is 2. The van der Waals surface area contributed by atoms with Crippen LogP contribution in [0.1, 0.15) is 24.0 Å². The Morgan fingerprint density at radius 2 is 2.35 bits per heavy atom. The van der Waals surface area contributed by atoms with E-state index >= 15 is 0 Å². The highest BCUT2D eigenvalue weighted by Gasteiger charge is 2.13. The quantitative estimate of drug-likeness (QED) is 0.817. The van der Waals surface area contributed by atoms with E-state index in [-0.39, 0.29) is 0 Å². The fraction of sp³-hybridized carbons (Fsp3) is 0.571. The van der Waals surface area contributed by atoms with Crippen LogP contribution in [0.4, 0.5) is 0 Å². The second-order valence-corrected chi connectivity index (χ2v) is 5.81. The summed E-state index contributed by atoms with van der Waals surface area (Å²) < 4.78 is 1.17. The minimum atomic E-state index is 0.881. The molecule has 0 aromatic heterocycles. The smallest absolute Gasteiger partial charge is 0.0208 e. The maximum absolute atomic E-state index is 3.55. The number of hydrogen-bond donors (Lipinski definition) is 2. The summed E-state index contributed by atoms with van der Waals surface area (Å²) in [7, 11) is 0. The lowest BCUT2D eigenvalue weighted by Crippen LogP contribution is -2.19. The van der Waals surface area contributed by atoms with Crippen molar-refractivity contribution in [1.82, 2.24) is 10.6 Å². The largest absolute Gasteiger partial charge is 0.316 e. The number of benzene rings is 1. The first-order valence-corrected chi connectivity index (χ1v) is 7.21. The monoisotopic (exact) mass is 296 g/mol. The van der Waals surface area contributed by atoms with Gasteiger partial charge in [0.25, 0.3) is 0 Å². The Morgan fingerprint density at radius 3 is 3.12 bits per heavy atom. The number of halogens is 1. The Labute approximate surface area is 112 Å². The zero-order chi connectivity index (χ0) is 12.1. The Bertz CT molecular complexity index is 359. The highest BCUT2D eigenvalue weighted by atomic mass is 79.9. The van der Waals surface area contributed by atoms with Gasteiger partial charge in [0.05, 0.1) is 0 Å². The number of rotatable bonds is 5. The SMILES string of the molecule is Cc1ccc(Br)cc1CNCCC1CCNC1. The van der Waals surface area contributed by atoms with E-state index in [9.17, 15) is 0 Å². The lowest BCUT2D eigenvalue weighted by atomic mass is 10.0. The molecule has 0 aliphatic carbocycles. The number of aryl methyl sites for hydroxylation is 1. The van der Waals surface area contributed by atoms with E-state index in [1.165, 1.54) is 41.5 Å².